The number of carbonyl (C=O) groups is 1. The van der Waals surface area contributed by atoms with Gasteiger partial charge in [0, 0.05) is 44.0 Å². The fraction of sp³-hybridized carbons (Fsp3) is 0.632. The number of halogens is 3. The number of piperazine rings is 1. The van der Waals surface area contributed by atoms with E-state index in [2.05, 4.69) is 4.90 Å². The predicted molar refractivity (Wildman–Crippen MR) is 97.2 cm³/mol. The second-order valence-corrected chi connectivity index (χ2v) is 7.30. The first-order chi connectivity index (χ1) is 12.1. The Morgan fingerprint density at radius 2 is 1.65 bits per heavy atom. The number of alkyl halides is 3. The van der Waals surface area contributed by atoms with Crippen LogP contribution in [0.2, 0.25) is 0 Å². The van der Waals surface area contributed by atoms with Crippen molar-refractivity contribution in [1.82, 2.24) is 9.80 Å². The molecule has 0 spiro atoms. The lowest BCUT2D eigenvalue weighted by atomic mass is 10.1. The van der Waals surface area contributed by atoms with Crippen molar-refractivity contribution in [2.24, 2.45) is 0 Å². The number of anilines is 1. The number of carbonyl (C=O) groups excluding carboxylic acids is 1. The van der Waals surface area contributed by atoms with Crippen LogP contribution in [0.25, 0.3) is 0 Å². The van der Waals surface area contributed by atoms with Crippen molar-refractivity contribution >= 4 is 11.6 Å². The molecular weight excluding hydrogens is 343 g/mol. The second kappa shape index (κ2) is 8.29. The molecule has 26 heavy (non-hydrogen) atoms. The number of hydrogen-bond donors (Lipinski definition) is 0. The fourth-order valence-corrected chi connectivity index (χ4v) is 3.49. The number of benzene rings is 1. The fourth-order valence-electron chi connectivity index (χ4n) is 3.49. The van der Waals surface area contributed by atoms with E-state index in [1.54, 1.807) is 6.07 Å². The van der Waals surface area contributed by atoms with Gasteiger partial charge in [0.05, 0.1) is 12.1 Å². The maximum atomic E-state index is 12.9. The summed E-state index contributed by atoms with van der Waals surface area (Å²) in [5.74, 6) is 0.0996. The van der Waals surface area contributed by atoms with Crippen LogP contribution in [0, 0.1) is 0 Å². The highest BCUT2D eigenvalue weighted by Gasteiger charge is 2.31. The average molecular weight is 371 g/mol. The van der Waals surface area contributed by atoms with Crippen molar-refractivity contribution in [2.45, 2.75) is 46.0 Å². The maximum absolute atomic E-state index is 12.9. The molecule has 0 radical (unpaired) electrons. The zero-order valence-electron chi connectivity index (χ0n) is 15.9. The van der Waals surface area contributed by atoms with Crippen molar-refractivity contribution in [3.05, 3.63) is 29.8 Å². The molecule has 0 atom stereocenters. The van der Waals surface area contributed by atoms with Crippen molar-refractivity contribution < 1.29 is 18.0 Å². The third-order valence-corrected chi connectivity index (χ3v) is 4.67. The summed E-state index contributed by atoms with van der Waals surface area (Å²) < 4.78 is 38.6. The summed E-state index contributed by atoms with van der Waals surface area (Å²) >= 11 is 0. The molecule has 7 heteroatoms. The summed E-state index contributed by atoms with van der Waals surface area (Å²) in [5.41, 5.74) is -0.0473. The molecular formula is C19H28F3N3O. The Bertz CT molecular complexity index is 600. The number of hydrogen-bond acceptors (Lipinski definition) is 3. The summed E-state index contributed by atoms with van der Waals surface area (Å²) in [6.45, 7) is 10.9. The van der Waals surface area contributed by atoms with Crippen LogP contribution >= 0.6 is 0 Å². The van der Waals surface area contributed by atoms with E-state index in [0.29, 0.717) is 38.4 Å². The van der Waals surface area contributed by atoms with Crippen molar-refractivity contribution in [3.63, 3.8) is 0 Å². The minimum Gasteiger partial charge on any atom is -0.369 e. The Kier molecular flexibility index (Phi) is 6.55. The Morgan fingerprint density at radius 1 is 1.08 bits per heavy atom. The van der Waals surface area contributed by atoms with Crippen LogP contribution in [0.3, 0.4) is 0 Å². The van der Waals surface area contributed by atoms with E-state index in [-0.39, 0.29) is 18.0 Å². The molecule has 1 fully saturated rings. The highest BCUT2D eigenvalue weighted by Crippen LogP contribution is 2.31. The van der Waals surface area contributed by atoms with Crippen molar-refractivity contribution in [1.29, 1.82) is 0 Å². The molecule has 0 saturated carbocycles. The molecule has 1 saturated heterocycles. The minimum absolute atomic E-state index is 0.0996. The Morgan fingerprint density at radius 3 is 2.15 bits per heavy atom. The summed E-state index contributed by atoms with van der Waals surface area (Å²) in [5, 5.41) is 0. The summed E-state index contributed by atoms with van der Waals surface area (Å²) in [7, 11) is 0. The summed E-state index contributed by atoms with van der Waals surface area (Å²) in [4.78, 5) is 18.4. The van der Waals surface area contributed by atoms with Crippen LogP contribution < -0.4 is 4.90 Å². The van der Waals surface area contributed by atoms with Gasteiger partial charge in [-0.15, -0.1) is 0 Å². The van der Waals surface area contributed by atoms with Crippen LogP contribution in [0.4, 0.5) is 18.9 Å². The van der Waals surface area contributed by atoms with Gasteiger partial charge in [0.25, 0.3) is 0 Å². The van der Waals surface area contributed by atoms with Gasteiger partial charge in [-0.05, 0) is 45.9 Å². The first kappa shape index (κ1) is 20.6. The lowest BCUT2D eigenvalue weighted by molar-refractivity contribution is -0.138. The highest BCUT2D eigenvalue weighted by atomic mass is 19.4. The van der Waals surface area contributed by atoms with E-state index in [1.807, 2.05) is 37.5 Å². The van der Waals surface area contributed by atoms with E-state index >= 15 is 0 Å². The van der Waals surface area contributed by atoms with Gasteiger partial charge in [0.1, 0.15) is 0 Å². The first-order valence-corrected chi connectivity index (χ1v) is 9.05. The third kappa shape index (κ3) is 5.13. The quantitative estimate of drug-likeness (QED) is 0.793. The topological polar surface area (TPSA) is 26.8 Å². The number of rotatable bonds is 5. The van der Waals surface area contributed by atoms with Crippen LogP contribution in [0.5, 0.6) is 0 Å². The normalized spacial score (nSPS) is 16.4. The van der Waals surface area contributed by atoms with E-state index in [9.17, 15) is 18.0 Å². The first-order valence-electron chi connectivity index (χ1n) is 9.05. The van der Waals surface area contributed by atoms with Crippen LogP contribution in [-0.4, -0.2) is 60.5 Å². The average Bonchev–Trinajstić information content (AvgIpc) is 2.54. The molecule has 0 bridgehead atoms. The number of nitrogens with zero attached hydrogens (tertiary/aromatic N) is 3. The standard InChI is InChI=1S/C19H28F3N3O/c1-14(2)25(15(3)4)18(26)13-23-8-10-24(11-9-23)17-7-5-6-16(12-17)19(20,21)22/h5-7,12,14-15H,8-11,13H2,1-4H3. The van der Waals surface area contributed by atoms with E-state index in [4.69, 9.17) is 0 Å². The minimum atomic E-state index is -4.33. The van der Waals surface area contributed by atoms with E-state index < -0.39 is 11.7 Å². The third-order valence-electron chi connectivity index (χ3n) is 4.67. The molecule has 2 rings (SSSR count). The Balaban J connectivity index is 1.94. The van der Waals surface area contributed by atoms with E-state index in [1.165, 1.54) is 12.1 Å². The highest BCUT2D eigenvalue weighted by molar-refractivity contribution is 5.78. The summed E-state index contributed by atoms with van der Waals surface area (Å²) in [6, 6.07) is 5.72. The van der Waals surface area contributed by atoms with Gasteiger partial charge in [-0.1, -0.05) is 6.07 Å². The maximum Gasteiger partial charge on any atom is 0.416 e. The molecule has 1 aliphatic rings. The van der Waals surface area contributed by atoms with Gasteiger partial charge >= 0.3 is 6.18 Å². The molecule has 0 aromatic heterocycles. The predicted octanol–water partition coefficient (Wildman–Crippen LogP) is 3.47. The van der Waals surface area contributed by atoms with Crippen LogP contribution in [0.15, 0.2) is 24.3 Å². The molecule has 146 valence electrons. The second-order valence-electron chi connectivity index (χ2n) is 7.30. The molecule has 0 N–H and O–H groups in total. The lowest BCUT2D eigenvalue weighted by Gasteiger charge is -2.38. The molecule has 1 amide bonds. The summed E-state index contributed by atoms with van der Waals surface area (Å²) in [6.07, 6.45) is -4.33. The molecule has 0 aliphatic carbocycles. The molecule has 4 nitrogen and oxygen atoms in total. The van der Waals surface area contributed by atoms with Gasteiger partial charge in [-0.2, -0.15) is 13.2 Å². The smallest absolute Gasteiger partial charge is 0.369 e. The lowest BCUT2D eigenvalue weighted by Crippen LogP contribution is -2.52. The molecule has 0 unspecified atom stereocenters. The van der Waals surface area contributed by atoms with Crippen molar-refractivity contribution in [3.8, 4) is 0 Å². The SMILES string of the molecule is CC(C)N(C(=O)CN1CCN(c2cccc(C(F)(F)F)c2)CC1)C(C)C. The molecule has 1 aromatic rings. The zero-order valence-corrected chi connectivity index (χ0v) is 15.9. The van der Waals surface area contributed by atoms with Gasteiger partial charge in [0.15, 0.2) is 0 Å². The van der Waals surface area contributed by atoms with Gasteiger partial charge in [-0.25, -0.2) is 0 Å². The van der Waals surface area contributed by atoms with Crippen LogP contribution in [-0.2, 0) is 11.0 Å². The zero-order chi connectivity index (χ0) is 19.5. The Hall–Kier alpha value is -1.76. The van der Waals surface area contributed by atoms with Crippen LogP contribution in [0.1, 0.15) is 33.3 Å². The molecule has 1 aromatic carbocycles. The van der Waals surface area contributed by atoms with Gasteiger partial charge in [-0.3, -0.25) is 9.69 Å². The van der Waals surface area contributed by atoms with Gasteiger partial charge in [0.2, 0.25) is 5.91 Å². The van der Waals surface area contributed by atoms with E-state index in [0.717, 1.165) is 6.07 Å². The molecule has 1 heterocycles. The molecule has 1 aliphatic heterocycles. The Labute approximate surface area is 153 Å². The van der Waals surface area contributed by atoms with Crippen molar-refractivity contribution in [2.75, 3.05) is 37.6 Å². The monoisotopic (exact) mass is 371 g/mol. The largest absolute Gasteiger partial charge is 0.416 e. The van der Waals surface area contributed by atoms with Gasteiger partial charge < -0.3 is 9.80 Å². The number of amides is 1.